The quantitative estimate of drug-likeness (QED) is 0.846. The number of hydrogen-bond donors (Lipinski definition) is 1. The summed E-state index contributed by atoms with van der Waals surface area (Å²) in [6.45, 7) is 8.14. The Hall–Kier alpha value is -1.28. The van der Waals surface area contributed by atoms with Crippen LogP contribution in [0.2, 0.25) is 0 Å². The zero-order chi connectivity index (χ0) is 12.6. The average Bonchev–Trinajstić information content (AvgIpc) is 2.68. The number of aliphatic hydroxyl groups is 1. The van der Waals surface area contributed by atoms with Crippen LogP contribution in [0.25, 0.3) is 11.0 Å². The molecule has 0 bridgehead atoms. The molecule has 0 saturated heterocycles. The van der Waals surface area contributed by atoms with Crippen molar-refractivity contribution >= 4 is 11.0 Å². The van der Waals surface area contributed by atoms with Gasteiger partial charge in [-0.2, -0.15) is 0 Å². The lowest BCUT2D eigenvalue weighted by molar-refractivity contribution is 0.0448. The van der Waals surface area contributed by atoms with E-state index < -0.39 is 6.10 Å². The van der Waals surface area contributed by atoms with E-state index >= 15 is 0 Å². The Labute approximate surface area is 102 Å². The summed E-state index contributed by atoms with van der Waals surface area (Å²) in [4.78, 5) is 0. The van der Waals surface area contributed by atoms with Gasteiger partial charge in [0.05, 0.1) is 0 Å². The van der Waals surface area contributed by atoms with E-state index in [1.165, 1.54) is 5.56 Å². The van der Waals surface area contributed by atoms with Gasteiger partial charge >= 0.3 is 0 Å². The summed E-state index contributed by atoms with van der Waals surface area (Å²) < 4.78 is 5.71. The lowest BCUT2D eigenvalue weighted by Crippen LogP contribution is -2.16. The molecule has 17 heavy (non-hydrogen) atoms. The van der Waals surface area contributed by atoms with Crippen LogP contribution in [0.3, 0.4) is 0 Å². The highest BCUT2D eigenvalue weighted by atomic mass is 16.4. The maximum Gasteiger partial charge on any atom is 0.134 e. The van der Waals surface area contributed by atoms with Crippen LogP contribution in [0.15, 0.2) is 28.7 Å². The first-order valence-corrected chi connectivity index (χ1v) is 6.12. The average molecular weight is 232 g/mol. The van der Waals surface area contributed by atoms with Crippen LogP contribution in [0.1, 0.15) is 45.1 Å². The molecule has 0 aliphatic heterocycles. The van der Waals surface area contributed by atoms with Crippen molar-refractivity contribution in [3.8, 4) is 0 Å². The van der Waals surface area contributed by atoms with E-state index in [0.29, 0.717) is 5.76 Å². The second-order valence-electron chi connectivity index (χ2n) is 5.64. The van der Waals surface area contributed by atoms with Gasteiger partial charge in [-0.15, -0.1) is 0 Å². The van der Waals surface area contributed by atoms with Gasteiger partial charge in [-0.3, -0.25) is 0 Å². The van der Waals surface area contributed by atoms with E-state index in [1.54, 1.807) is 0 Å². The van der Waals surface area contributed by atoms with E-state index in [9.17, 15) is 5.11 Å². The molecule has 0 radical (unpaired) electrons. The summed E-state index contributed by atoms with van der Waals surface area (Å²) in [6, 6.07) is 8.12. The number of aliphatic hydroxyl groups excluding tert-OH is 1. The topological polar surface area (TPSA) is 33.4 Å². The zero-order valence-corrected chi connectivity index (χ0v) is 10.9. The third-order valence-corrected chi connectivity index (χ3v) is 3.10. The predicted molar refractivity (Wildman–Crippen MR) is 70.0 cm³/mol. The van der Waals surface area contributed by atoms with E-state index in [4.69, 9.17) is 4.42 Å². The number of hydrogen-bond acceptors (Lipinski definition) is 2. The Balaban J connectivity index is 2.44. The molecule has 1 heterocycles. The largest absolute Gasteiger partial charge is 0.458 e. The molecule has 0 fully saturated rings. The monoisotopic (exact) mass is 232 g/mol. The van der Waals surface area contributed by atoms with Gasteiger partial charge < -0.3 is 9.52 Å². The molecular weight excluding hydrogens is 212 g/mol. The highest BCUT2D eigenvalue weighted by Crippen LogP contribution is 2.35. The minimum absolute atomic E-state index is 0.207. The van der Waals surface area contributed by atoms with Crippen molar-refractivity contribution < 1.29 is 9.52 Å². The molecule has 1 aromatic heterocycles. The smallest absolute Gasteiger partial charge is 0.134 e. The van der Waals surface area contributed by atoms with Crippen molar-refractivity contribution in [2.75, 3.05) is 0 Å². The van der Waals surface area contributed by atoms with Gasteiger partial charge in [0.15, 0.2) is 0 Å². The molecule has 1 aromatic carbocycles. The first-order chi connectivity index (χ1) is 7.91. The van der Waals surface area contributed by atoms with E-state index in [0.717, 1.165) is 17.4 Å². The maximum absolute atomic E-state index is 10.2. The summed E-state index contributed by atoms with van der Waals surface area (Å²) in [7, 11) is 0. The first-order valence-electron chi connectivity index (χ1n) is 6.12. The van der Waals surface area contributed by atoms with Crippen molar-refractivity contribution in [1.82, 2.24) is 0 Å². The Morgan fingerprint density at radius 3 is 2.53 bits per heavy atom. The van der Waals surface area contributed by atoms with Crippen molar-refractivity contribution in [3.05, 3.63) is 35.6 Å². The van der Waals surface area contributed by atoms with Crippen LogP contribution in [0.4, 0.5) is 0 Å². The van der Waals surface area contributed by atoms with Crippen molar-refractivity contribution in [2.24, 2.45) is 5.41 Å². The van der Waals surface area contributed by atoms with Gasteiger partial charge in [-0.1, -0.05) is 33.8 Å². The molecule has 2 rings (SSSR count). The Morgan fingerprint density at radius 1 is 1.24 bits per heavy atom. The molecule has 0 saturated carbocycles. The fraction of sp³-hybridized carbons (Fsp3) is 0.467. The lowest BCUT2D eigenvalue weighted by atomic mass is 9.88. The number of fused-ring (bicyclic) bond motifs is 1. The fourth-order valence-electron chi connectivity index (χ4n) is 1.89. The van der Waals surface area contributed by atoms with Gasteiger partial charge in [0.25, 0.3) is 0 Å². The molecular formula is C15H20O2. The summed E-state index contributed by atoms with van der Waals surface area (Å²) in [5.41, 5.74) is 1.93. The minimum Gasteiger partial charge on any atom is -0.458 e. The zero-order valence-electron chi connectivity index (χ0n) is 10.9. The molecule has 0 spiro atoms. The van der Waals surface area contributed by atoms with Crippen LogP contribution >= 0.6 is 0 Å². The Morgan fingerprint density at radius 2 is 1.94 bits per heavy atom. The van der Waals surface area contributed by atoms with Crippen LogP contribution in [0.5, 0.6) is 0 Å². The molecule has 1 N–H and O–H groups in total. The van der Waals surface area contributed by atoms with Gasteiger partial charge in [-0.25, -0.2) is 0 Å². The summed E-state index contributed by atoms with van der Waals surface area (Å²) in [5.74, 6) is 0.653. The second kappa shape index (κ2) is 4.19. The van der Waals surface area contributed by atoms with Crippen LogP contribution < -0.4 is 0 Å². The normalized spacial score (nSPS) is 14.2. The number of aryl methyl sites for hydroxylation is 1. The maximum atomic E-state index is 10.2. The Kier molecular flexibility index (Phi) is 3.00. The minimum atomic E-state index is -0.569. The molecule has 1 unspecified atom stereocenters. The third kappa shape index (κ3) is 2.37. The van der Waals surface area contributed by atoms with E-state index in [2.05, 4.69) is 19.1 Å². The van der Waals surface area contributed by atoms with Crippen molar-refractivity contribution in [2.45, 2.75) is 40.2 Å². The molecule has 92 valence electrons. The van der Waals surface area contributed by atoms with Gasteiger partial charge in [0.1, 0.15) is 17.4 Å². The molecule has 2 aromatic rings. The first kappa shape index (κ1) is 12.2. The molecule has 2 nitrogen and oxygen atoms in total. The molecule has 0 aliphatic carbocycles. The van der Waals surface area contributed by atoms with E-state index in [-0.39, 0.29) is 5.41 Å². The number of benzene rings is 1. The van der Waals surface area contributed by atoms with Gasteiger partial charge in [0, 0.05) is 5.39 Å². The summed E-state index contributed by atoms with van der Waals surface area (Å²) in [6.07, 6.45) is 0.443. The second-order valence-corrected chi connectivity index (χ2v) is 5.64. The molecule has 2 heteroatoms. The summed E-state index contributed by atoms with van der Waals surface area (Å²) >= 11 is 0. The highest BCUT2D eigenvalue weighted by Gasteiger charge is 2.26. The third-order valence-electron chi connectivity index (χ3n) is 3.10. The molecule has 0 aliphatic rings. The lowest BCUT2D eigenvalue weighted by Gasteiger charge is -2.23. The van der Waals surface area contributed by atoms with Gasteiger partial charge in [-0.05, 0) is 35.6 Å². The van der Waals surface area contributed by atoms with Crippen LogP contribution in [-0.4, -0.2) is 5.11 Å². The number of furan rings is 1. The van der Waals surface area contributed by atoms with E-state index in [1.807, 2.05) is 32.9 Å². The predicted octanol–water partition coefficient (Wildman–Crippen LogP) is 4.07. The van der Waals surface area contributed by atoms with Gasteiger partial charge in [0.2, 0.25) is 0 Å². The van der Waals surface area contributed by atoms with Crippen molar-refractivity contribution in [1.29, 1.82) is 0 Å². The Bertz CT molecular complexity index is 517. The highest BCUT2D eigenvalue weighted by molar-refractivity contribution is 5.78. The standard InChI is InChI=1S/C15H20O2/c1-5-10-6-7-12-11(8-10)9-13(17-12)14(16)15(2,3)4/h6-9,14,16H,5H2,1-4H3. The fourth-order valence-corrected chi connectivity index (χ4v) is 1.89. The molecule has 1 atom stereocenters. The SMILES string of the molecule is CCc1ccc2oc(C(O)C(C)(C)C)cc2c1. The summed E-state index contributed by atoms with van der Waals surface area (Å²) in [5, 5.41) is 11.3. The van der Waals surface area contributed by atoms with Crippen LogP contribution in [0, 0.1) is 5.41 Å². The van der Waals surface area contributed by atoms with Crippen molar-refractivity contribution in [3.63, 3.8) is 0 Å². The van der Waals surface area contributed by atoms with Crippen LogP contribution in [-0.2, 0) is 6.42 Å². The molecule has 0 amide bonds. The number of rotatable bonds is 2.